The van der Waals surface area contributed by atoms with E-state index in [0.717, 1.165) is 12.2 Å². The van der Waals surface area contributed by atoms with Crippen molar-refractivity contribution in [2.75, 3.05) is 13.2 Å². The van der Waals surface area contributed by atoms with Crippen molar-refractivity contribution in [1.29, 1.82) is 0 Å². The van der Waals surface area contributed by atoms with Gasteiger partial charge in [-0.2, -0.15) is 0 Å². The van der Waals surface area contributed by atoms with Crippen LogP contribution < -0.4 is 9.47 Å². The second-order valence-electron chi connectivity index (χ2n) is 7.09. The normalized spacial score (nSPS) is 9.47. The van der Waals surface area contributed by atoms with E-state index >= 15 is 0 Å². The molecule has 3 aromatic rings. The number of halogens is 1. The monoisotopic (exact) mass is 480 g/mol. The molecule has 3 aromatic carbocycles. The molecule has 0 amide bonds. The molecule has 0 bridgehead atoms. The lowest BCUT2D eigenvalue weighted by Crippen LogP contribution is -2.10. The maximum atomic E-state index is 14.5. The van der Waals surface area contributed by atoms with E-state index in [1.54, 1.807) is 60.7 Å². The first kappa shape index (κ1) is 25.6. The van der Waals surface area contributed by atoms with E-state index in [1.165, 1.54) is 6.07 Å². The third kappa shape index (κ3) is 8.06. The van der Waals surface area contributed by atoms with Crippen LogP contribution in [0.2, 0.25) is 0 Å². The minimum Gasteiger partial charge on any atom is -0.490 e. The summed E-state index contributed by atoms with van der Waals surface area (Å²) in [5.74, 6) is 11.0. The third-order valence-electron chi connectivity index (χ3n) is 4.52. The lowest BCUT2D eigenvalue weighted by molar-refractivity contribution is -0.138. The van der Waals surface area contributed by atoms with E-state index in [0.29, 0.717) is 28.2 Å². The summed E-state index contributed by atoms with van der Waals surface area (Å²) in [4.78, 5) is 22.2. The topological polar surface area (TPSA) is 61.8 Å². The van der Waals surface area contributed by atoms with Crippen molar-refractivity contribution in [3.8, 4) is 35.2 Å². The Morgan fingerprint density at radius 3 is 1.89 bits per heavy atom. The Labute approximate surface area is 208 Å². The van der Waals surface area contributed by atoms with Gasteiger partial charge in [-0.15, -0.1) is 0 Å². The Hall–Kier alpha value is -5.07. The van der Waals surface area contributed by atoms with Crippen molar-refractivity contribution < 1.29 is 28.2 Å². The molecule has 0 aliphatic carbocycles. The van der Waals surface area contributed by atoms with Gasteiger partial charge in [0.2, 0.25) is 0 Å². The van der Waals surface area contributed by atoms with Crippen LogP contribution in [0.3, 0.4) is 0 Å². The first-order valence-electron chi connectivity index (χ1n) is 10.8. The van der Waals surface area contributed by atoms with E-state index < -0.39 is 17.8 Å². The first-order chi connectivity index (χ1) is 17.5. The Morgan fingerprint density at radius 2 is 1.28 bits per heavy atom. The highest BCUT2D eigenvalue weighted by molar-refractivity contribution is 5.83. The van der Waals surface area contributed by atoms with Gasteiger partial charge in [0.05, 0.1) is 5.56 Å². The van der Waals surface area contributed by atoms with Gasteiger partial charge >= 0.3 is 11.9 Å². The molecule has 36 heavy (non-hydrogen) atoms. The van der Waals surface area contributed by atoms with E-state index in [9.17, 15) is 14.0 Å². The number of hydrogen-bond donors (Lipinski definition) is 0. The number of benzene rings is 3. The average molecular weight is 480 g/mol. The van der Waals surface area contributed by atoms with E-state index in [2.05, 4.69) is 36.8 Å². The number of esters is 2. The Morgan fingerprint density at radius 1 is 0.722 bits per heavy atom. The van der Waals surface area contributed by atoms with Gasteiger partial charge in [-0.25, -0.2) is 14.0 Å². The van der Waals surface area contributed by atoms with Crippen LogP contribution in [0.1, 0.15) is 22.3 Å². The van der Waals surface area contributed by atoms with Crippen LogP contribution in [-0.4, -0.2) is 25.2 Å². The second-order valence-corrected chi connectivity index (χ2v) is 7.09. The number of carbonyl (C=O) groups is 2. The SMILES string of the molecule is C=CC(=O)OCCOc1ccc(C#Cc2ccc(C#Cc3ccc(OC(=O)C=C)cc3)cc2F)cc1. The molecule has 5 nitrogen and oxygen atoms in total. The summed E-state index contributed by atoms with van der Waals surface area (Å²) >= 11 is 0. The average Bonchev–Trinajstić information content (AvgIpc) is 2.90. The van der Waals surface area contributed by atoms with Crippen molar-refractivity contribution in [1.82, 2.24) is 0 Å². The summed E-state index contributed by atoms with van der Waals surface area (Å²) in [5.41, 5.74) is 2.12. The van der Waals surface area contributed by atoms with Gasteiger partial charge in [0.25, 0.3) is 0 Å². The quantitative estimate of drug-likeness (QED) is 0.160. The molecule has 0 N–H and O–H groups in total. The summed E-state index contributed by atoms with van der Waals surface area (Å²) in [7, 11) is 0. The number of rotatable bonds is 7. The maximum absolute atomic E-state index is 14.5. The van der Waals surface area contributed by atoms with Gasteiger partial charge in [-0.05, 0) is 66.7 Å². The van der Waals surface area contributed by atoms with Gasteiger partial charge in [-0.3, -0.25) is 0 Å². The number of carbonyl (C=O) groups excluding carboxylic acids is 2. The fourth-order valence-electron chi connectivity index (χ4n) is 2.74. The highest BCUT2D eigenvalue weighted by Gasteiger charge is 2.02. The lowest BCUT2D eigenvalue weighted by atomic mass is 10.1. The van der Waals surface area contributed by atoms with E-state index in [-0.39, 0.29) is 18.8 Å². The second kappa shape index (κ2) is 13.0. The minimum absolute atomic E-state index is 0.117. The Bertz CT molecular complexity index is 1380. The zero-order valence-electron chi connectivity index (χ0n) is 19.3. The van der Waals surface area contributed by atoms with Crippen LogP contribution in [0, 0.1) is 29.5 Å². The van der Waals surface area contributed by atoms with Crippen LogP contribution in [0.15, 0.2) is 92.0 Å². The summed E-state index contributed by atoms with van der Waals surface area (Å²) < 4.78 is 29.8. The molecule has 0 atom stereocenters. The molecule has 0 heterocycles. The van der Waals surface area contributed by atoms with Crippen molar-refractivity contribution in [3.05, 3.63) is 120 Å². The molecular formula is C30H21FO5. The third-order valence-corrected chi connectivity index (χ3v) is 4.52. The van der Waals surface area contributed by atoms with E-state index in [4.69, 9.17) is 14.2 Å². The predicted octanol–water partition coefficient (Wildman–Crippen LogP) is 4.82. The smallest absolute Gasteiger partial charge is 0.335 e. The molecule has 0 radical (unpaired) electrons. The minimum atomic E-state index is -0.542. The molecular weight excluding hydrogens is 459 g/mol. The molecule has 6 heteroatoms. The molecule has 0 aliphatic heterocycles. The van der Waals surface area contributed by atoms with Crippen molar-refractivity contribution >= 4 is 11.9 Å². The van der Waals surface area contributed by atoms with Gasteiger partial charge in [-0.1, -0.05) is 36.8 Å². The van der Waals surface area contributed by atoms with Crippen LogP contribution >= 0.6 is 0 Å². The molecule has 0 saturated carbocycles. The largest absolute Gasteiger partial charge is 0.490 e. The van der Waals surface area contributed by atoms with E-state index in [1.807, 2.05) is 0 Å². The highest BCUT2D eigenvalue weighted by atomic mass is 19.1. The molecule has 0 spiro atoms. The van der Waals surface area contributed by atoms with Gasteiger partial charge in [0.15, 0.2) is 0 Å². The zero-order chi connectivity index (χ0) is 25.8. The summed E-state index contributed by atoms with van der Waals surface area (Å²) in [6.07, 6.45) is 2.17. The van der Waals surface area contributed by atoms with Crippen LogP contribution in [0.25, 0.3) is 0 Å². The number of hydrogen-bond acceptors (Lipinski definition) is 5. The molecule has 0 saturated heterocycles. The van der Waals surface area contributed by atoms with Crippen molar-refractivity contribution in [2.45, 2.75) is 0 Å². The molecule has 0 aromatic heterocycles. The molecule has 0 fully saturated rings. The lowest BCUT2D eigenvalue weighted by Gasteiger charge is -2.06. The fraction of sp³-hybridized carbons (Fsp3) is 0.0667. The maximum Gasteiger partial charge on any atom is 0.335 e. The molecule has 3 rings (SSSR count). The summed E-state index contributed by atoms with van der Waals surface area (Å²) in [6.45, 7) is 6.99. The van der Waals surface area contributed by atoms with Gasteiger partial charge in [0, 0.05) is 28.8 Å². The fourth-order valence-corrected chi connectivity index (χ4v) is 2.74. The van der Waals surface area contributed by atoms with Crippen molar-refractivity contribution in [2.24, 2.45) is 0 Å². The van der Waals surface area contributed by atoms with Gasteiger partial charge < -0.3 is 14.2 Å². The highest BCUT2D eigenvalue weighted by Crippen LogP contribution is 2.14. The molecule has 0 aliphatic rings. The zero-order valence-corrected chi connectivity index (χ0v) is 19.3. The van der Waals surface area contributed by atoms with Gasteiger partial charge in [0.1, 0.15) is 30.5 Å². The standard InChI is InChI=1S/C30H21FO5/c1-3-29(32)35-20-19-34-26-15-9-23(10-16-26)7-13-25-14-8-24(21-28(25)31)6-5-22-11-17-27(18-12-22)36-30(33)4-2/h3-4,8-12,14-18,21H,1-2,19-20H2. The predicted molar refractivity (Wildman–Crippen MR) is 134 cm³/mol. The summed E-state index contributed by atoms with van der Waals surface area (Å²) in [6, 6.07) is 18.2. The van der Waals surface area contributed by atoms with Crippen LogP contribution in [0.5, 0.6) is 11.5 Å². The summed E-state index contributed by atoms with van der Waals surface area (Å²) in [5, 5.41) is 0. The Balaban J connectivity index is 1.58. The number of ether oxygens (including phenoxy) is 3. The van der Waals surface area contributed by atoms with Crippen LogP contribution in [0.4, 0.5) is 4.39 Å². The van der Waals surface area contributed by atoms with Crippen LogP contribution in [-0.2, 0) is 14.3 Å². The van der Waals surface area contributed by atoms with Crippen molar-refractivity contribution in [3.63, 3.8) is 0 Å². The Kier molecular flexibility index (Phi) is 9.21. The molecule has 0 unspecified atom stereocenters. The molecule has 178 valence electrons. The first-order valence-corrected chi connectivity index (χ1v) is 10.8.